The average molecular weight is 370 g/mol. The molecule has 144 valence electrons. The maximum Gasteiger partial charge on any atom is 0.433 e. The SMILES string of the molecule is CCNC(=NCCNc1nccc(C(F)(F)F)n1)N1CCC2(CCC2)C1. The van der Waals surface area contributed by atoms with E-state index in [0.29, 0.717) is 18.5 Å². The molecular weight excluding hydrogens is 345 g/mol. The van der Waals surface area contributed by atoms with Crippen LogP contribution >= 0.6 is 0 Å². The molecule has 6 nitrogen and oxygen atoms in total. The van der Waals surface area contributed by atoms with Crippen molar-refractivity contribution in [1.29, 1.82) is 0 Å². The fourth-order valence-corrected chi connectivity index (χ4v) is 3.56. The van der Waals surface area contributed by atoms with Gasteiger partial charge in [-0.3, -0.25) is 4.99 Å². The summed E-state index contributed by atoms with van der Waals surface area (Å²) >= 11 is 0. The highest BCUT2D eigenvalue weighted by Gasteiger charge is 2.43. The summed E-state index contributed by atoms with van der Waals surface area (Å²) in [6, 6.07) is 0.857. The third-order valence-corrected chi connectivity index (χ3v) is 5.09. The van der Waals surface area contributed by atoms with Crippen LogP contribution in [-0.4, -0.2) is 53.6 Å². The molecule has 0 amide bonds. The predicted octanol–water partition coefficient (Wildman–Crippen LogP) is 2.75. The smallest absolute Gasteiger partial charge is 0.357 e. The average Bonchev–Trinajstić information content (AvgIpc) is 3.03. The summed E-state index contributed by atoms with van der Waals surface area (Å²) in [5.41, 5.74) is -0.463. The van der Waals surface area contributed by atoms with Crippen LogP contribution in [0.5, 0.6) is 0 Å². The fraction of sp³-hybridized carbons (Fsp3) is 0.706. The van der Waals surface area contributed by atoms with E-state index < -0.39 is 11.9 Å². The van der Waals surface area contributed by atoms with Gasteiger partial charge < -0.3 is 15.5 Å². The van der Waals surface area contributed by atoms with Crippen molar-refractivity contribution in [1.82, 2.24) is 20.2 Å². The topological polar surface area (TPSA) is 65.4 Å². The van der Waals surface area contributed by atoms with Crippen molar-refractivity contribution in [2.45, 2.75) is 38.8 Å². The number of likely N-dealkylation sites (tertiary alicyclic amines) is 1. The normalized spacial score (nSPS) is 19.5. The zero-order valence-corrected chi connectivity index (χ0v) is 14.9. The third-order valence-electron chi connectivity index (χ3n) is 5.09. The van der Waals surface area contributed by atoms with E-state index in [-0.39, 0.29) is 5.95 Å². The first-order valence-electron chi connectivity index (χ1n) is 9.09. The van der Waals surface area contributed by atoms with E-state index in [9.17, 15) is 13.2 Å². The molecule has 1 aromatic heterocycles. The number of anilines is 1. The summed E-state index contributed by atoms with van der Waals surface area (Å²) in [4.78, 5) is 14.2. The summed E-state index contributed by atoms with van der Waals surface area (Å²) in [5.74, 6) is 0.845. The van der Waals surface area contributed by atoms with Gasteiger partial charge in [0.1, 0.15) is 5.69 Å². The van der Waals surface area contributed by atoms with Crippen LogP contribution in [0.3, 0.4) is 0 Å². The lowest BCUT2D eigenvalue weighted by atomic mass is 9.68. The number of alkyl halides is 3. The van der Waals surface area contributed by atoms with Crippen molar-refractivity contribution >= 4 is 11.9 Å². The molecule has 1 saturated carbocycles. The number of hydrogen-bond acceptors (Lipinski definition) is 4. The summed E-state index contributed by atoms with van der Waals surface area (Å²) in [5, 5.41) is 6.11. The van der Waals surface area contributed by atoms with E-state index in [4.69, 9.17) is 0 Å². The molecular formula is C17H25F3N6. The minimum absolute atomic E-state index is 0.0328. The Morgan fingerprint density at radius 3 is 2.77 bits per heavy atom. The number of halogens is 3. The number of aliphatic imine (C=N–C) groups is 1. The van der Waals surface area contributed by atoms with Gasteiger partial charge >= 0.3 is 6.18 Å². The Kier molecular flexibility index (Phi) is 5.52. The van der Waals surface area contributed by atoms with Crippen LogP contribution in [0.4, 0.5) is 19.1 Å². The molecule has 2 fully saturated rings. The van der Waals surface area contributed by atoms with Gasteiger partial charge in [-0.25, -0.2) is 9.97 Å². The lowest BCUT2D eigenvalue weighted by Crippen LogP contribution is -2.42. The lowest BCUT2D eigenvalue weighted by molar-refractivity contribution is -0.141. The van der Waals surface area contributed by atoms with E-state index in [1.165, 1.54) is 25.7 Å². The Bertz CT molecular complexity index is 642. The van der Waals surface area contributed by atoms with Gasteiger partial charge in [0.25, 0.3) is 0 Å². The molecule has 26 heavy (non-hydrogen) atoms. The molecule has 1 spiro atoms. The number of aromatic nitrogens is 2. The van der Waals surface area contributed by atoms with E-state index in [0.717, 1.165) is 37.9 Å². The first kappa shape index (κ1) is 18.7. The molecule has 3 rings (SSSR count). The first-order chi connectivity index (χ1) is 12.4. The Labute approximate surface area is 151 Å². The Morgan fingerprint density at radius 2 is 2.15 bits per heavy atom. The van der Waals surface area contributed by atoms with E-state index in [1.54, 1.807) is 0 Å². The van der Waals surface area contributed by atoms with Crippen LogP contribution in [0.15, 0.2) is 17.3 Å². The van der Waals surface area contributed by atoms with Crippen LogP contribution in [0.2, 0.25) is 0 Å². The van der Waals surface area contributed by atoms with Gasteiger partial charge in [-0.2, -0.15) is 13.2 Å². The predicted molar refractivity (Wildman–Crippen MR) is 94.0 cm³/mol. The van der Waals surface area contributed by atoms with Gasteiger partial charge in [-0.15, -0.1) is 0 Å². The van der Waals surface area contributed by atoms with Gasteiger partial charge in [0.15, 0.2) is 5.96 Å². The number of hydrogen-bond donors (Lipinski definition) is 2. The van der Waals surface area contributed by atoms with Crippen molar-refractivity contribution in [2.24, 2.45) is 10.4 Å². The number of nitrogens with one attached hydrogen (secondary N) is 2. The largest absolute Gasteiger partial charge is 0.433 e. The van der Waals surface area contributed by atoms with E-state index >= 15 is 0 Å². The summed E-state index contributed by atoms with van der Waals surface area (Å²) in [6.45, 7) is 5.67. The molecule has 0 aromatic carbocycles. The number of rotatable bonds is 5. The van der Waals surface area contributed by atoms with Crippen molar-refractivity contribution in [3.8, 4) is 0 Å². The second-order valence-corrected chi connectivity index (χ2v) is 6.95. The highest BCUT2D eigenvalue weighted by Crippen LogP contribution is 2.47. The van der Waals surface area contributed by atoms with Gasteiger partial charge in [0.2, 0.25) is 5.95 Å². The van der Waals surface area contributed by atoms with Crippen LogP contribution in [0, 0.1) is 5.41 Å². The van der Waals surface area contributed by atoms with Crippen molar-refractivity contribution in [3.05, 3.63) is 18.0 Å². The summed E-state index contributed by atoms with van der Waals surface area (Å²) in [6.07, 6.45) is 1.78. The molecule has 1 aliphatic carbocycles. The Morgan fingerprint density at radius 1 is 1.35 bits per heavy atom. The maximum absolute atomic E-state index is 12.7. The molecule has 0 radical (unpaired) electrons. The minimum atomic E-state index is -4.47. The van der Waals surface area contributed by atoms with E-state index in [1.807, 2.05) is 6.92 Å². The van der Waals surface area contributed by atoms with Crippen molar-refractivity contribution in [2.75, 3.05) is 38.0 Å². The van der Waals surface area contributed by atoms with E-state index in [2.05, 4.69) is 30.5 Å². The highest BCUT2D eigenvalue weighted by molar-refractivity contribution is 5.80. The molecule has 0 unspecified atom stereocenters. The van der Waals surface area contributed by atoms with Crippen LogP contribution in [0.25, 0.3) is 0 Å². The molecule has 1 aliphatic heterocycles. The second kappa shape index (κ2) is 7.67. The zero-order valence-electron chi connectivity index (χ0n) is 14.9. The molecule has 1 saturated heterocycles. The van der Waals surface area contributed by atoms with Crippen LogP contribution < -0.4 is 10.6 Å². The summed E-state index contributed by atoms with van der Waals surface area (Å²) in [7, 11) is 0. The van der Waals surface area contributed by atoms with Crippen molar-refractivity contribution < 1.29 is 13.2 Å². The van der Waals surface area contributed by atoms with Gasteiger partial charge in [0.05, 0.1) is 6.54 Å². The molecule has 9 heteroatoms. The molecule has 1 aromatic rings. The zero-order chi connectivity index (χ0) is 18.6. The Hall–Kier alpha value is -2.06. The molecule has 0 atom stereocenters. The maximum atomic E-state index is 12.7. The standard InChI is InChI=1S/C17H25F3N6/c1-2-21-15(26-11-7-16(12-26)5-3-6-16)24-10-9-23-14-22-8-4-13(25-14)17(18,19)20/h4,8H,2-3,5-7,9-12H2,1H3,(H,21,24)(H,22,23,25). The first-order valence-corrected chi connectivity index (χ1v) is 9.09. The van der Waals surface area contributed by atoms with Crippen molar-refractivity contribution in [3.63, 3.8) is 0 Å². The highest BCUT2D eigenvalue weighted by atomic mass is 19.4. The lowest BCUT2D eigenvalue weighted by Gasteiger charge is -2.38. The van der Waals surface area contributed by atoms with Gasteiger partial charge in [-0.1, -0.05) is 6.42 Å². The number of nitrogens with zero attached hydrogens (tertiary/aromatic N) is 4. The van der Waals surface area contributed by atoms with Crippen LogP contribution in [0.1, 0.15) is 38.3 Å². The molecule has 0 bridgehead atoms. The second-order valence-electron chi connectivity index (χ2n) is 6.95. The number of guanidine groups is 1. The minimum Gasteiger partial charge on any atom is -0.357 e. The molecule has 2 aliphatic rings. The quantitative estimate of drug-likeness (QED) is 0.474. The monoisotopic (exact) mass is 370 g/mol. The van der Waals surface area contributed by atoms with Crippen LogP contribution in [-0.2, 0) is 6.18 Å². The molecule has 2 N–H and O–H groups in total. The fourth-order valence-electron chi connectivity index (χ4n) is 3.56. The third kappa shape index (κ3) is 4.37. The Balaban J connectivity index is 1.53. The summed E-state index contributed by atoms with van der Waals surface area (Å²) < 4.78 is 38.0. The van der Waals surface area contributed by atoms with Gasteiger partial charge in [-0.05, 0) is 37.7 Å². The van der Waals surface area contributed by atoms with Gasteiger partial charge in [0, 0.05) is 32.4 Å². The molecule has 2 heterocycles.